The fourth-order valence-corrected chi connectivity index (χ4v) is 2.39. The summed E-state index contributed by atoms with van der Waals surface area (Å²) in [5.41, 5.74) is 1.51. The van der Waals surface area contributed by atoms with Crippen molar-refractivity contribution >= 4 is 22.5 Å². The van der Waals surface area contributed by atoms with Crippen molar-refractivity contribution in [3.05, 3.63) is 83.4 Å². The van der Waals surface area contributed by atoms with Gasteiger partial charge in [-0.25, -0.2) is 4.79 Å². The van der Waals surface area contributed by atoms with Crippen molar-refractivity contribution in [2.24, 2.45) is 0 Å². The zero-order valence-corrected chi connectivity index (χ0v) is 11.2. The smallest absolute Gasteiger partial charge is 0.336 e. The molecule has 2 N–H and O–H groups in total. The van der Waals surface area contributed by atoms with E-state index in [1.165, 1.54) is 6.07 Å². The summed E-state index contributed by atoms with van der Waals surface area (Å²) in [4.78, 5) is 11.3. The molecule has 0 radical (unpaired) electrons. The van der Waals surface area contributed by atoms with E-state index in [4.69, 9.17) is 5.41 Å². The highest BCUT2D eigenvalue weighted by molar-refractivity contribution is 6.16. The van der Waals surface area contributed by atoms with Gasteiger partial charge >= 0.3 is 5.97 Å². The number of fused-ring (bicyclic) bond motifs is 1. The molecule has 0 aliphatic rings. The monoisotopic (exact) mass is 275 g/mol. The number of aromatic carboxylic acids is 1. The fourth-order valence-electron chi connectivity index (χ4n) is 2.39. The van der Waals surface area contributed by atoms with Crippen molar-refractivity contribution < 1.29 is 9.90 Å². The molecule has 0 fully saturated rings. The zero-order valence-electron chi connectivity index (χ0n) is 11.2. The Labute approximate surface area is 122 Å². The van der Waals surface area contributed by atoms with Crippen LogP contribution in [0.15, 0.2) is 66.7 Å². The Morgan fingerprint density at radius 3 is 2.14 bits per heavy atom. The van der Waals surface area contributed by atoms with Crippen LogP contribution in [0.4, 0.5) is 0 Å². The second-order valence-corrected chi connectivity index (χ2v) is 4.79. The van der Waals surface area contributed by atoms with Crippen molar-refractivity contribution in [2.75, 3.05) is 0 Å². The van der Waals surface area contributed by atoms with Crippen molar-refractivity contribution in [1.29, 1.82) is 5.41 Å². The first kappa shape index (κ1) is 13.1. The Balaban J connectivity index is 2.10. The van der Waals surface area contributed by atoms with Crippen molar-refractivity contribution in [3.63, 3.8) is 0 Å². The van der Waals surface area contributed by atoms with Crippen LogP contribution in [0.5, 0.6) is 0 Å². The SMILES string of the molecule is N=C(c1ccc2ccccc2c1)c1ccccc1C(=O)O. The molecular formula is C18H13NO2. The van der Waals surface area contributed by atoms with Crippen LogP contribution >= 0.6 is 0 Å². The summed E-state index contributed by atoms with van der Waals surface area (Å²) in [5.74, 6) is -1.02. The normalized spacial score (nSPS) is 10.5. The first-order chi connectivity index (χ1) is 10.2. The van der Waals surface area contributed by atoms with Gasteiger partial charge in [-0.15, -0.1) is 0 Å². The summed E-state index contributed by atoms with van der Waals surface area (Å²) in [5, 5.41) is 19.7. The minimum Gasteiger partial charge on any atom is -0.478 e. The van der Waals surface area contributed by atoms with E-state index >= 15 is 0 Å². The lowest BCUT2D eigenvalue weighted by Gasteiger charge is -2.09. The third-order valence-corrected chi connectivity index (χ3v) is 3.46. The summed E-state index contributed by atoms with van der Waals surface area (Å²) in [6.07, 6.45) is 0. The molecule has 21 heavy (non-hydrogen) atoms. The van der Waals surface area contributed by atoms with Crippen molar-refractivity contribution in [2.45, 2.75) is 0 Å². The summed E-state index contributed by atoms with van der Waals surface area (Å²) < 4.78 is 0. The van der Waals surface area contributed by atoms with Crippen LogP contribution in [0, 0.1) is 5.41 Å². The summed E-state index contributed by atoms with van der Waals surface area (Å²) in [6.45, 7) is 0. The highest BCUT2D eigenvalue weighted by Crippen LogP contribution is 2.20. The van der Waals surface area contributed by atoms with Crippen LogP contribution in [-0.4, -0.2) is 16.8 Å². The number of nitrogens with one attached hydrogen (secondary N) is 1. The molecule has 102 valence electrons. The van der Waals surface area contributed by atoms with E-state index < -0.39 is 5.97 Å². The van der Waals surface area contributed by atoms with E-state index in [-0.39, 0.29) is 11.3 Å². The first-order valence-electron chi connectivity index (χ1n) is 6.57. The lowest BCUT2D eigenvalue weighted by Crippen LogP contribution is -2.09. The Morgan fingerprint density at radius 1 is 0.810 bits per heavy atom. The summed E-state index contributed by atoms with van der Waals surface area (Å²) in [7, 11) is 0. The molecule has 0 saturated carbocycles. The van der Waals surface area contributed by atoms with Gasteiger partial charge in [0.1, 0.15) is 0 Å². The molecule has 0 bridgehead atoms. The number of carbonyl (C=O) groups is 1. The van der Waals surface area contributed by atoms with Crippen LogP contribution in [0.25, 0.3) is 10.8 Å². The average molecular weight is 275 g/mol. The van der Waals surface area contributed by atoms with E-state index in [1.54, 1.807) is 18.2 Å². The van der Waals surface area contributed by atoms with Gasteiger partial charge in [0.25, 0.3) is 0 Å². The molecule has 0 amide bonds. The Hall–Kier alpha value is -2.94. The fraction of sp³-hybridized carbons (Fsp3) is 0. The molecule has 3 aromatic carbocycles. The molecule has 3 nitrogen and oxygen atoms in total. The van der Waals surface area contributed by atoms with Crippen LogP contribution in [0.2, 0.25) is 0 Å². The van der Waals surface area contributed by atoms with Gasteiger partial charge in [-0.05, 0) is 22.9 Å². The van der Waals surface area contributed by atoms with E-state index in [0.29, 0.717) is 11.1 Å². The van der Waals surface area contributed by atoms with Crippen LogP contribution in [0.1, 0.15) is 21.5 Å². The van der Waals surface area contributed by atoms with E-state index in [9.17, 15) is 9.90 Å². The van der Waals surface area contributed by atoms with Crippen molar-refractivity contribution in [3.8, 4) is 0 Å². The third kappa shape index (κ3) is 2.41. The highest BCUT2D eigenvalue weighted by Gasteiger charge is 2.14. The van der Waals surface area contributed by atoms with Gasteiger partial charge in [0.05, 0.1) is 11.3 Å². The summed E-state index contributed by atoms with van der Waals surface area (Å²) in [6, 6.07) is 20.2. The van der Waals surface area contributed by atoms with Gasteiger partial charge in [0.15, 0.2) is 0 Å². The predicted octanol–water partition coefficient (Wildman–Crippen LogP) is 3.95. The maximum atomic E-state index is 11.3. The second kappa shape index (κ2) is 5.21. The summed E-state index contributed by atoms with van der Waals surface area (Å²) >= 11 is 0. The van der Waals surface area contributed by atoms with Crippen LogP contribution in [0.3, 0.4) is 0 Å². The average Bonchev–Trinajstić information content (AvgIpc) is 2.53. The first-order valence-corrected chi connectivity index (χ1v) is 6.57. The van der Waals surface area contributed by atoms with Crippen molar-refractivity contribution in [1.82, 2.24) is 0 Å². The molecule has 0 aromatic heterocycles. The number of benzene rings is 3. The quantitative estimate of drug-likeness (QED) is 0.711. The van der Waals surface area contributed by atoms with E-state index in [0.717, 1.165) is 10.8 Å². The molecular weight excluding hydrogens is 262 g/mol. The largest absolute Gasteiger partial charge is 0.478 e. The molecule has 0 unspecified atom stereocenters. The lowest BCUT2D eigenvalue weighted by molar-refractivity contribution is 0.0696. The number of rotatable bonds is 3. The topological polar surface area (TPSA) is 61.2 Å². The number of carboxylic acids is 1. The zero-order chi connectivity index (χ0) is 14.8. The minimum atomic E-state index is -1.02. The Kier molecular flexibility index (Phi) is 3.24. The molecule has 0 heterocycles. The van der Waals surface area contributed by atoms with Crippen LogP contribution < -0.4 is 0 Å². The van der Waals surface area contributed by atoms with Crippen LogP contribution in [-0.2, 0) is 0 Å². The number of hydrogen-bond donors (Lipinski definition) is 2. The highest BCUT2D eigenvalue weighted by atomic mass is 16.4. The molecule has 3 rings (SSSR count). The van der Waals surface area contributed by atoms with Gasteiger partial charge < -0.3 is 5.11 Å². The molecule has 0 atom stereocenters. The van der Waals surface area contributed by atoms with Gasteiger partial charge in [-0.3, -0.25) is 5.41 Å². The molecule has 0 saturated heterocycles. The molecule has 0 aliphatic carbocycles. The molecule has 0 spiro atoms. The van der Waals surface area contributed by atoms with Gasteiger partial charge in [0.2, 0.25) is 0 Å². The van der Waals surface area contributed by atoms with E-state index in [1.807, 2.05) is 42.5 Å². The maximum absolute atomic E-state index is 11.3. The number of carboxylic acid groups (broad SMARTS) is 1. The third-order valence-electron chi connectivity index (χ3n) is 3.46. The standard InChI is InChI=1S/C18H13NO2/c19-17(15-7-3-4-8-16(15)18(20)21)14-10-9-12-5-1-2-6-13(12)11-14/h1-11,19H,(H,20,21). The minimum absolute atomic E-state index is 0.149. The predicted molar refractivity (Wildman–Crippen MR) is 83.3 cm³/mol. The van der Waals surface area contributed by atoms with Gasteiger partial charge in [-0.1, -0.05) is 54.6 Å². The lowest BCUT2D eigenvalue weighted by atomic mass is 9.96. The van der Waals surface area contributed by atoms with Gasteiger partial charge in [0, 0.05) is 11.1 Å². The molecule has 0 aliphatic heterocycles. The number of hydrogen-bond acceptors (Lipinski definition) is 2. The maximum Gasteiger partial charge on any atom is 0.336 e. The second-order valence-electron chi connectivity index (χ2n) is 4.79. The molecule has 3 heteroatoms. The Bertz CT molecular complexity index is 852. The Morgan fingerprint density at radius 2 is 1.43 bits per heavy atom. The van der Waals surface area contributed by atoms with E-state index in [2.05, 4.69) is 0 Å². The molecule has 3 aromatic rings. The van der Waals surface area contributed by atoms with Gasteiger partial charge in [-0.2, -0.15) is 0 Å².